The maximum Gasteiger partial charge on any atom is 0.326 e. The quantitative estimate of drug-likeness (QED) is 0.594. The summed E-state index contributed by atoms with van der Waals surface area (Å²) in [6.45, 7) is 3.62. The fraction of sp³-hybridized carbons (Fsp3) is 0.455. The van der Waals surface area contributed by atoms with Crippen LogP contribution in [0.5, 0.6) is 0 Å². The van der Waals surface area contributed by atoms with Crippen molar-refractivity contribution < 1.29 is 19.1 Å². The number of hydrogen-bond donors (Lipinski definition) is 0. The molecule has 7 heteroatoms. The smallest absolute Gasteiger partial charge is 0.326 e. The van der Waals surface area contributed by atoms with Crippen LogP contribution in [-0.4, -0.2) is 35.1 Å². The molecule has 0 amide bonds. The Balaban J connectivity index is 2.99. The molecule has 0 saturated carbocycles. The van der Waals surface area contributed by atoms with E-state index in [4.69, 9.17) is 21.1 Å². The van der Waals surface area contributed by atoms with E-state index in [1.54, 1.807) is 13.8 Å². The molecule has 0 N–H and O–H groups in total. The summed E-state index contributed by atoms with van der Waals surface area (Å²) < 4.78 is 9.63. The zero-order valence-corrected chi connectivity index (χ0v) is 10.8. The van der Waals surface area contributed by atoms with E-state index in [0.29, 0.717) is 0 Å². The molecule has 0 atom stereocenters. The summed E-state index contributed by atoms with van der Waals surface area (Å²) in [7, 11) is 0. The van der Waals surface area contributed by atoms with Gasteiger partial charge in [-0.05, 0) is 13.8 Å². The Morgan fingerprint density at radius 1 is 1.17 bits per heavy atom. The Morgan fingerprint density at radius 2 is 1.72 bits per heavy atom. The largest absolute Gasteiger partial charge is 0.465 e. The van der Waals surface area contributed by atoms with Gasteiger partial charge in [-0.15, -0.1) is 0 Å². The summed E-state index contributed by atoms with van der Waals surface area (Å²) in [5.74, 6) is -2.66. The molecule has 0 aromatic carbocycles. The number of ether oxygens (including phenoxy) is 2. The lowest BCUT2D eigenvalue weighted by Crippen LogP contribution is -2.27. The van der Waals surface area contributed by atoms with E-state index in [1.807, 2.05) is 0 Å². The highest BCUT2D eigenvalue weighted by molar-refractivity contribution is 6.29. The van der Waals surface area contributed by atoms with Crippen molar-refractivity contribution in [1.82, 2.24) is 9.97 Å². The highest BCUT2D eigenvalue weighted by atomic mass is 35.5. The number of nitrogens with zero attached hydrogens (tertiary/aromatic N) is 2. The van der Waals surface area contributed by atoms with Gasteiger partial charge in [0.25, 0.3) is 0 Å². The Kier molecular flexibility index (Phi) is 5.51. The van der Waals surface area contributed by atoms with Crippen molar-refractivity contribution in [3.8, 4) is 0 Å². The van der Waals surface area contributed by atoms with Crippen molar-refractivity contribution in [2.45, 2.75) is 19.8 Å². The number of aromatic nitrogens is 2. The molecule has 0 bridgehead atoms. The van der Waals surface area contributed by atoms with Crippen LogP contribution in [0.2, 0.25) is 5.15 Å². The minimum absolute atomic E-state index is 0.149. The fourth-order valence-electron chi connectivity index (χ4n) is 1.26. The highest BCUT2D eigenvalue weighted by Crippen LogP contribution is 2.17. The van der Waals surface area contributed by atoms with Crippen molar-refractivity contribution in [3.63, 3.8) is 0 Å². The van der Waals surface area contributed by atoms with Crippen LogP contribution >= 0.6 is 11.6 Å². The van der Waals surface area contributed by atoms with Crippen LogP contribution in [0.3, 0.4) is 0 Å². The topological polar surface area (TPSA) is 78.4 Å². The van der Waals surface area contributed by atoms with E-state index >= 15 is 0 Å². The summed E-state index contributed by atoms with van der Waals surface area (Å²) in [6.07, 6.45) is 2.50. The van der Waals surface area contributed by atoms with Gasteiger partial charge in [-0.3, -0.25) is 14.6 Å². The van der Waals surface area contributed by atoms with Crippen molar-refractivity contribution in [2.24, 2.45) is 0 Å². The van der Waals surface area contributed by atoms with E-state index < -0.39 is 17.9 Å². The molecular formula is C11H13ClN2O4. The van der Waals surface area contributed by atoms with Gasteiger partial charge in [-0.1, -0.05) is 11.6 Å². The molecule has 1 aromatic heterocycles. The van der Waals surface area contributed by atoms with Crippen LogP contribution in [-0.2, 0) is 19.1 Å². The normalized spacial score (nSPS) is 10.2. The second-order valence-corrected chi connectivity index (χ2v) is 3.59. The van der Waals surface area contributed by atoms with Crippen LogP contribution in [0.25, 0.3) is 0 Å². The van der Waals surface area contributed by atoms with E-state index in [9.17, 15) is 9.59 Å². The van der Waals surface area contributed by atoms with Crippen LogP contribution < -0.4 is 0 Å². The minimum Gasteiger partial charge on any atom is -0.465 e. The van der Waals surface area contributed by atoms with Crippen molar-refractivity contribution in [1.29, 1.82) is 0 Å². The summed E-state index contributed by atoms with van der Waals surface area (Å²) >= 11 is 5.59. The molecule has 18 heavy (non-hydrogen) atoms. The molecule has 0 spiro atoms. The lowest BCUT2D eigenvalue weighted by Gasteiger charge is -2.13. The number of carbonyl (C=O) groups is 2. The SMILES string of the molecule is CCOC(=O)C(C(=O)OCC)c1cnc(Cl)cn1. The maximum atomic E-state index is 11.7. The monoisotopic (exact) mass is 272 g/mol. The van der Waals surface area contributed by atoms with Gasteiger partial charge in [-0.25, -0.2) is 4.98 Å². The van der Waals surface area contributed by atoms with Crippen LogP contribution in [0.4, 0.5) is 0 Å². The Hall–Kier alpha value is -1.69. The molecule has 1 aromatic rings. The van der Waals surface area contributed by atoms with Crippen LogP contribution in [0.1, 0.15) is 25.5 Å². The molecule has 1 heterocycles. The molecule has 0 saturated heterocycles. The molecular weight excluding hydrogens is 260 g/mol. The lowest BCUT2D eigenvalue weighted by atomic mass is 10.1. The van der Waals surface area contributed by atoms with Gasteiger partial charge in [0.05, 0.1) is 31.3 Å². The zero-order chi connectivity index (χ0) is 13.5. The van der Waals surface area contributed by atoms with Gasteiger partial charge in [0.15, 0.2) is 5.92 Å². The van der Waals surface area contributed by atoms with Gasteiger partial charge >= 0.3 is 11.9 Å². The third kappa shape index (κ3) is 3.66. The number of carbonyl (C=O) groups excluding carboxylic acids is 2. The minimum atomic E-state index is -1.23. The summed E-state index contributed by atoms with van der Waals surface area (Å²) in [5, 5.41) is 0.171. The Labute approximate surface area is 109 Å². The summed E-state index contributed by atoms with van der Waals surface area (Å²) in [5.41, 5.74) is 0.149. The zero-order valence-electron chi connectivity index (χ0n) is 10.1. The molecule has 0 aliphatic heterocycles. The highest BCUT2D eigenvalue weighted by Gasteiger charge is 2.33. The second-order valence-electron chi connectivity index (χ2n) is 3.20. The first kappa shape index (κ1) is 14.4. The van der Waals surface area contributed by atoms with Gasteiger partial charge in [0, 0.05) is 0 Å². The Bertz CT molecular complexity index is 404. The van der Waals surface area contributed by atoms with Crippen molar-refractivity contribution >= 4 is 23.5 Å². The number of esters is 2. The van der Waals surface area contributed by atoms with Gasteiger partial charge in [0.2, 0.25) is 0 Å². The van der Waals surface area contributed by atoms with E-state index in [1.165, 1.54) is 12.4 Å². The average Bonchev–Trinajstić information content (AvgIpc) is 2.33. The molecule has 98 valence electrons. The van der Waals surface area contributed by atoms with E-state index in [2.05, 4.69) is 9.97 Å². The molecule has 0 fully saturated rings. The van der Waals surface area contributed by atoms with Gasteiger partial charge in [-0.2, -0.15) is 0 Å². The Morgan fingerprint density at radius 3 is 2.11 bits per heavy atom. The average molecular weight is 273 g/mol. The lowest BCUT2D eigenvalue weighted by molar-refractivity contribution is -0.157. The maximum absolute atomic E-state index is 11.7. The summed E-state index contributed by atoms with van der Waals surface area (Å²) in [6, 6.07) is 0. The molecule has 0 unspecified atom stereocenters. The van der Waals surface area contributed by atoms with Crippen molar-refractivity contribution in [3.05, 3.63) is 23.2 Å². The third-order valence-electron chi connectivity index (χ3n) is 1.98. The fourth-order valence-corrected chi connectivity index (χ4v) is 1.36. The summed E-state index contributed by atoms with van der Waals surface area (Å²) in [4.78, 5) is 31.1. The van der Waals surface area contributed by atoms with E-state index in [0.717, 1.165) is 0 Å². The molecule has 0 radical (unpaired) electrons. The molecule has 1 rings (SSSR count). The van der Waals surface area contributed by atoms with Gasteiger partial charge in [0.1, 0.15) is 5.15 Å². The van der Waals surface area contributed by atoms with Crippen LogP contribution in [0, 0.1) is 0 Å². The molecule has 0 aliphatic carbocycles. The van der Waals surface area contributed by atoms with Gasteiger partial charge < -0.3 is 9.47 Å². The third-order valence-corrected chi connectivity index (χ3v) is 2.18. The standard InChI is InChI=1S/C11H13ClN2O4/c1-3-17-10(15)9(11(16)18-4-2)7-5-14-8(12)6-13-7/h5-6,9H,3-4H2,1-2H3. The molecule has 0 aliphatic rings. The predicted molar refractivity (Wildman–Crippen MR) is 63.0 cm³/mol. The first-order chi connectivity index (χ1) is 8.60. The number of hydrogen-bond acceptors (Lipinski definition) is 6. The first-order valence-corrected chi connectivity index (χ1v) is 5.78. The van der Waals surface area contributed by atoms with Crippen molar-refractivity contribution in [2.75, 3.05) is 13.2 Å². The van der Waals surface area contributed by atoms with E-state index in [-0.39, 0.29) is 24.1 Å². The predicted octanol–water partition coefficient (Wildman–Crippen LogP) is 1.34. The second kappa shape index (κ2) is 6.90. The number of rotatable bonds is 5. The first-order valence-electron chi connectivity index (χ1n) is 5.40. The van der Waals surface area contributed by atoms with Crippen LogP contribution in [0.15, 0.2) is 12.4 Å². The number of halogens is 1. The molecule has 6 nitrogen and oxygen atoms in total.